The van der Waals surface area contributed by atoms with Crippen LogP contribution in [0.4, 0.5) is 4.39 Å². The van der Waals surface area contributed by atoms with Gasteiger partial charge in [0.15, 0.2) is 11.4 Å². The quantitative estimate of drug-likeness (QED) is 0.752. The number of para-hydroxylation sites is 1. The molecule has 0 aliphatic heterocycles. The summed E-state index contributed by atoms with van der Waals surface area (Å²) in [6.07, 6.45) is 0. The average Bonchev–Trinajstić information content (AvgIpc) is 2.46. The Morgan fingerprint density at radius 3 is 2.67 bits per heavy atom. The summed E-state index contributed by atoms with van der Waals surface area (Å²) in [7, 11) is 3.92. The second-order valence-corrected chi connectivity index (χ2v) is 4.00. The van der Waals surface area contributed by atoms with Gasteiger partial charge in [-0.25, -0.2) is 4.39 Å². The predicted octanol–water partition coefficient (Wildman–Crippen LogP) is 2.94. The van der Waals surface area contributed by atoms with E-state index >= 15 is 0 Å². The molecule has 0 saturated carbocycles. The van der Waals surface area contributed by atoms with E-state index in [0.29, 0.717) is 12.1 Å². The summed E-state index contributed by atoms with van der Waals surface area (Å²) in [4.78, 5) is 2.00. The van der Waals surface area contributed by atoms with Gasteiger partial charge in [-0.15, -0.1) is 0 Å². The van der Waals surface area contributed by atoms with Gasteiger partial charge in [0.1, 0.15) is 5.76 Å². The SMILES string of the molecule is Cc1c(CN(C)C)oc2c(F)cccc12. The van der Waals surface area contributed by atoms with Crippen LogP contribution < -0.4 is 0 Å². The van der Waals surface area contributed by atoms with Gasteiger partial charge in [0.05, 0.1) is 6.54 Å². The molecule has 2 aromatic rings. The van der Waals surface area contributed by atoms with Gasteiger partial charge in [0.2, 0.25) is 0 Å². The third kappa shape index (κ3) is 1.75. The molecule has 15 heavy (non-hydrogen) atoms. The summed E-state index contributed by atoms with van der Waals surface area (Å²) >= 11 is 0. The minimum atomic E-state index is -0.291. The van der Waals surface area contributed by atoms with Crippen LogP contribution in [0.3, 0.4) is 0 Å². The highest BCUT2D eigenvalue weighted by molar-refractivity contribution is 5.82. The van der Waals surface area contributed by atoms with Crippen molar-refractivity contribution in [3.63, 3.8) is 0 Å². The lowest BCUT2D eigenvalue weighted by Gasteiger charge is -2.06. The summed E-state index contributed by atoms with van der Waals surface area (Å²) in [5, 5.41) is 0.867. The van der Waals surface area contributed by atoms with Crippen molar-refractivity contribution in [2.45, 2.75) is 13.5 Å². The Hall–Kier alpha value is -1.35. The van der Waals surface area contributed by atoms with Gasteiger partial charge >= 0.3 is 0 Å². The molecule has 0 aliphatic carbocycles. The van der Waals surface area contributed by atoms with Gasteiger partial charge in [-0.2, -0.15) is 0 Å². The van der Waals surface area contributed by atoms with E-state index in [2.05, 4.69) is 0 Å². The van der Waals surface area contributed by atoms with Crippen molar-refractivity contribution >= 4 is 11.0 Å². The van der Waals surface area contributed by atoms with E-state index in [1.165, 1.54) is 6.07 Å². The highest BCUT2D eigenvalue weighted by Gasteiger charge is 2.13. The van der Waals surface area contributed by atoms with Crippen LogP contribution in [0.5, 0.6) is 0 Å². The lowest BCUT2D eigenvalue weighted by Crippen LogP contribution is -2.10. The number of furan rings is 1. The number of hydrogen-bond donors (Lipinski definition) is 0. The lowest BCUT2D eigenvalue weighted by molar-refractivity contribution is 0.354. The molecule has 0 saturated heterocycles. The summed E-state index contributed by atoms with van der Waals surface area (Å²) < 4.78 is 18.9. The van der Waals surface area contributed by atoms with Crippen LogP contribution in [0.25, 0.3) is 11.0 Å². The van der Waals surface area contributed by atoms with Crippen LogP contribution in [0.15, 0.2) is 22.6 Å². The van der Waals surface area contributed by atoms with Crippen molar-refractivity contribution in [2.24, 2.45) is 0 Å². The summed E-state index contributed by atoms with van der Waals surface area (Å²) in [5.74, 6) is 0.542. The van der Waals surface area contributed by atoms with Crippen LogP contribution in [0.2, 0.25) is 0 Å². The zero-order valence-corrected chi connectivity index (χ0v) is 9.17. The molecule has 0 unspecified atom stereocenters. The lowest BCUT2D eigenvalue weighted by atomic mass is 10.1. The molecule has 0 fully saturated rings. The Kier molecular flexibility index (Phi) is 2.49. The van der Waals surface area contributed by atoms with Crippen molar-refractivity contribution in [1.82, 2.24) is 4.90 Å². The molecule has 0 amide bonds. The van der Waals surface area contributed by atoms with Gasteiger partial charge in [-0.05, 0) is 32.6 Å². The number of halogens is 1. The molecule has 0 N–H and O–H groups in total. The first-order valence-corrected chi connectivity index (χ1v) is 4.91. The van der Waals surface area contributed by atoms with Crippen molar-refractivity contribution in [1.29, 1.82) is 0 Å². The number of rotatable bonds is 2. The van der Waals surface area contributed by atoms with Crippen LogP contribution in [-0.4, -0.2) is 19.0 Å². The Morgan fingerprint density at radius 2 is 2.07 bits per heavy atom. The van der Waals surface area contributed by atoms with Gasteiger partial charge < -0.3 is 9.32 Å². The smallest absolute Gasteiger partial charge is 0.170 e. The number of fused-ring (bicyclic) bond motifs is 1. The fourth-order valence-electron chi connectivity index (χ4n) is 1.70. The second kappa shape index (κ2) is 3.66. The first-order chi connectivity index (χ1) is 7.09. The Bertz CT molecular complexity index is 488. The maximum atomic E-state index is 13.4. The van der Waals surface area contributed by atoms with Gasteiger partial charge in [-0.3, -0.25) is 0 Å². The zero-order chi connectivity index (χ0) is 11.0. The van der Waals surface area contributed by atoms with E-state index in [0.717, 1.165) is 16.7 Å². The van der Waals surface area contributed by atoms with Crippen molar-refractivity contribution in [3.05, 3.63) is 35.3 Å². The number of benzene rings is 1. The van der Waals surface area contributed by atoms with Crippen LogP contribution >= 0.6 is 0 Å². The normalized spacial score (nSPS) is 11.5. The van der Waals surface area contributed by atoms with Gasteiger partial charge in [0, 0.05) is 5.39 Å². The first kappa shape index (κ1) is 10.2. The zero-order valence-electron chi connectivity index (χ0n) is 9.17. The summed E-state index contributed by atoms with van der Waals surface area (Å²) in [6.45, 7) is 2.66. The maximum Gasteiger partial charge on any atom is 0.170 e. The molecule has 1 aromatic carbocycles. The Morgan fingerprint density at radius 1 is 1.33 bits per heavy atom. The van der Waals surface area contributed by atoms with Crippen LogP contribution in [0.1, 0.15) is 11.3 Å². The summed E-state index contributed by atoms with van der Waals surface area (Å²) in [6, 6.07) is 5.01. The Balaban J connectivity index is 2.59. The molecular weight excluding hydrogens is 193 g/mol. The number of aryl methyl sites for hydroxylation is 1. The monoisotopic (exact) mass is 207 g/mol. The highest BCUT2D eigenvalue weighted by atomic mass is 19.1. The largest absolute Gasteiger partial charge is 0.456 e. The molecule has 0 bridgehead atoms. The van der Waals surface area contributed by atoms with E-state index < -0.39 is 0 Å². The highest BCUT2D eigenvalue weighted by Crippen LogP contribution is 2.27. The van der Waals surface area contributed by atoms with E-state index in [-0.39, 0.29) is 5.82 Å². The molecule has 1 aromatic heterocycles. The van der Waals surface area contributed by atoms with Crippen molar-refractivity contribution < 1.29 is 8.81 Å². The Labute approximate surface area is 88.3 Å². The van der Waals surface area contributed by atoms with Crippen LogP contribution in [-0.2, 0) is 6.54 Å². The van der Waals surface area contributed by atoms with Crippen molar-refractivity contribution in [3.8, 4) is 0 Å². The number of hydrogen-bond acceptors (Lipinski definition) is 2. The first-order valence-electron chi connectivity index (χ1n) is 4.91. The van der Waals surface area contributed by atoms with Crippen molar-refractivity contribution in [2.75, 3.05) is 14.1 Å². The number of nitrogens with zero attached hydrogens (tertiary/aromatic N) is 1. The third-order valence-electron chi connectivity index (χ3n) is 2.47. The minimum Gasteiger partial charge on any atom is -0.456 e. The average molecular weight is 207 g/mol. The third-order valence-corrected chi connectivity index (χ3v) is 2.47. The fraction of sp³-hybridized carbons (Fsp3) is 0.333. The molecule has 0 atom stereocenters. The van der Waals surface area contributed by atoms with Crippen LogP contribution in [0, 0.1) is 12.7 Å². The minimum absolute atomic E-state index is 0.291. The second-order valence-electron chi connectivity index (χ2n) is 4.00. The topological polar surface area (TPSA) is 16.4 Å². The molecular formula is C12H14FNO. The predicted molar refractivity (Wildman–Crippen MR) is 58.3 cm³/mol. The molecule has 3 heteroatoms. The van der Waals surface area contributed by atoms with E-state index in [9.17, 15) is 4.39 Å². The fourth-order valence-corrected chi connectivity index (χ4v) is 1.70. The van der Waals surface area contributed by atoms with E-state index in [4.69, 9.17) is 4.42 Å². The molecule has 1 heterocycles. The van der Waals surface area contributed by atoms with Gasteiger partial charge in [-0.1, -0.05) is 12.1 Å². The molecule has 80 valence electrons. The molecule has 2 rings (SSSR count). The summed E-state index contributed by atoms with van der Waals surface area (Å²) in [5.41, 5.74) is 1.39. The molecule has 2 nitrogen and oxygen atoms in total. The molecule has 0 aliphatic rings. The maximum absolute atomic E-state index is 13.4. The van der Waals surface area contributed by atoms with E-state index in [1.807, 2.05) is 32.0 Å². The molecule has 0 spiro atoms. The molecule has 0 radical (unpaired) electrons. The van der Waals surface area contributed by atoms with Gasteiger partial charge in [0.25, 0.3) is 0 Å². The standard InChI is InChI=1S/C12H14FNO/c1-8-9-5-4-6-10(13)12(9)15-11(8)7-14(2)3/h4-6H,7H2,1-3H3. The van der Waals surface area contributed by atoms with E-state index in [1.54, 1.807) is 6.07 Å².